The lowest BCUT2D eigenvalue weighted by Gasteiger charge is -2.23. The minimum absolute atomic E-state index is 0.0800. The van der Waals surface area contributed by atoms with Gasteiger partial charge >= 0.3 is 12.0 Å². The van der Waals surface area contributed by atoms with Crippen molar-refractivity contribution in [3.05, 3.63) is 84.0 Å². The predicted octanol–water partition coefficient (Wildman–Crippen LogP) is 4.60. The molecule has 11 heteroatoms. The van der Waals surface area contributed by atoms with Crippen molar-refractivity contribution in [2.45, 2.75) is 45.7 Å². The lowest BCUT2D eigenvalue weighted by Crippen LogP contribution is -2.49. The smallest absolute Gasteiger partial charge is 0.358 e. The molecule has 4 heterocycles. The number of hydrogen-bond acceptors (Lipinski definition) is 6. The van der Waals surface area contributed by atoms with Gasteiger partial charge < -0.3 is 24.7 Å². The Kier molecular flexibility index (Phi) is 7.60. The van der Waals surface area contributed by atoms with E-state index in [4.69, 9.17) is 4.42 Å². The molecule has 0 aliphatic heterocycles. The van der Waals surface area contributed by atoms with Crippen molar-refractivity contribution in [2.75, 3.05) is 0 Å². The Bertz CT molecular complexity index is 1750. The number of carbonyl (C=O) groups excluding carboxylic acids is 2. The standard InChI is InChI=1S/C30H32N6O5/c1-17(2)14-22(33-30(40)36-13-11-19-8-7-12-31-26(19)36)27(37)32-23(28-34-25(29(38)39)18(3)41-28)15-20-16-35(4)24-10-6-5-9-21(20)24/h5-13,16-17,22-23H,14-15H2,1-4H3,(H,32,37)(H,33,40)(H,38,39)/t22-,23+/m0/s1. The first-order valence-corrected chi connectivity index (χ1v) is 13.4. The Balaban J connectivity index is 1.45. The van der Waals surface area contributed by atoms with Crippen molar-refractivity contribution in [3.8, 4) is 0 Å². The van der Waals surface area contributed by atoms with Crippen molar-refractivity contribution < 1.29 is 23.9 Å². The normalized spacial score (nSPS) is 13.0. The summed E-state index contributed by atoms with van der Waals surface area (Å²) in [4.78, 5) is 47.3. The van der Waals surface area contributed by atoms with Gasteiger partial charge in [-0.05, 0) is 49.1 Å². The summed E-state index contributed by atoms with van der Waals surface area (Å²) >= 11 is 0. The van der Waals surface area contributed by atoms with E-state index in [9.17, 15) is 19.5 Å². The Hall–Kier alpha value is -4.93. The molecular weight excluding hydrogens is 524 g/mol. The molecule has 0 aliphatic carbocycles. The average Bonchev–Trinajstić information content (AvgIpc) is 3.63. The van der Waals surface area contributed by atoms with E-state index < -0.39 is 30.0 Å². The number of carboxylic acid groups (broad SMARTS) is 1. The topological polar surface area (TPSA) is 144 Å². The first kappa shape index (κ1) is 27.6. The zero-order valence-electron chi connectivity index (χ0n) is 23.3. The summed E-state index contributed by atoms with van der Waals surface area (Å²) in [5.74, 6) is -1.34. The number of carboxylic acids is 1. The molecule has 0 saturated heterocycles. The van der Waals surface area contributed by atoms with Crippen LogP contribution in [0, 0.1) is 12.8 Å². The van der Waals surface area contributed by atoms with E-state index in [0.717, 1.165) is 21.9 Å². The highest BCUT2D eigenvalue weighted by molar-refractivity contribution is 5.93. The fourth-order valence-electron chi connectivity index (χ4n) is 5.10. The molecule has 41 heavy (non-hydrogen) atoms. The second kappa shape index (κ2) is 11.3. The first-order valence-electron chi connectivity index (χ1n) is 13.4. The molecule has 5 aromatic rings. The maximum absolute atomic E-state index is 13.8. The molecule has 0 radical (unpaired) electrons. The Morgan fingerprint density at radius 2 is 1.85 bits per heavy atom. The van der Waals surface area contributed by atoms with Gasteiger partial charge in [-0.15, -0.1) is 0 Å². The van der Waals surface area contributed by atoms with Crippen LogP contribution in [0.2, 0.25) is 0 Å². The lowest BCUT2D eigenvalue weighted by atomic mass is 10.0. The number of amides is 2. The molecule has 0 spiro atoms. The molecular formula is C30H32N6O5. The molecule has 212 valence electrons. The van der Waals surface area contributed by atoms with Gasteiger partial charge in [0.25, 0.3) is 0 Å². The highest BCUT2D eigenvalue weighted by Gasteiger charge is 2.30. The minimum atomic E-state index is -1.22. The fraction of sp³-hybridized carbons (Fsp3) is 0.300. The number of nitrogens with one attached hydrogen (secondary N) is 2. The van der Waals surface area contributed by atoms with E-state index in [2.05, 4.69) is 20.6 Å². The summed E-state index contributed by atoms with van der Waals surface area (Å²) in [6, 6.07) is 11.1. The van der Waals surface area contributed by atoms with E-state index in [1.165, 1.54) is 11.5 Å². The Morgan fingerprint density at radius 1 is 1.07 bits per heavy atom. The van der Waals surface area contributed by atoms with Crippen LogP contribution < -0.4 is 10.6 Å². The molecule has 5 rings (SSSR count). The molecule has 1 aromatic carbocycles. The van der Waals surface area contributed by atoms with Crippen LogP contribution in [0.25, 0.3) is 21.9 Å². The monoisotopic (exact) mass is 556 g/mol. The van der Waals surface area contributed by atoms with Crippen molar-refractivity contribution in [3.63, 3.8) is 0 Å². The predicted molar refractivity (Wildman–Crippen MR) is 153 cm³/mol. The lowest BCUT2D eigenvalue weighted by molar-refractivity contribution is -0.124. The van der Waals surface area contributed by atoms with Gasteiger partial charge in [0.2, 0.25) is 11.8 Å². The highest BCUT2D eigenvalue weighted by Crippen LogP contribution is 2.27. The summed E-state index contributed by atoms with van der Waals surface area (Å²) in [7, 11) is 1.94. The molecule has 2 amide bonds. The largest absolute Gasteiger partial charge is 0.476 e. The first-order chi connectivity index (χ1) is 19.6. The molecule has 11 nitrogen and oxygen atoms in total. The van der Waals surface area contributed by atoms with Crippen LogP contribution in [-0.2, 0) is 18.3 Å². The van der Waals surface area contributed by atoms with Gasteiger partial charge in [-0.3, -0.25) is 9.36 Å². The number of aromatic nitrogens is 4. The summed E-state index contributed by atoms with van der Waals surface area (Å²) in [5.41, 5.74) is 2.21. The third-order valence-corrected chi connectivity index (χ3v) is 7.02. The van der Waals surface area contributed by atoms with Crippen LogP contribution in [0.5, 0.6) is 0 Å². The van der Waals surface area contributed by atoms with Crippen LogP contribution in [0.3, 0.4) is 0 Å². The number of para-hydroxylation sites is 1. The summed E-state index contributed by atoms with van der Waals surface area (Å²) < 4.78 is 9.13. The number of aryl methyl sites for hydroxylation is 2. The number of carbonyl (C=O) groups is 3. The molecule has 3 N–H and O–H groups in total. The van der Waals surface area contributed by atoms with Gasteiger partial charge in [-0.25, -0.2) is 19.6 Å². The number of pyridine rings is 1. The summed E-state index contributed by atoms with van der Waals surface area (Å²) in [5, 5.41) is 17.2. The average molecular weight is 557 g/mol. The van der Waals surface area contributed by atoms with Crippen molar-refractivity contribution in [1.29, 1.82) is 0 Å². The molecule has 2 atom stereocenters. The van der Waals surface area contributed by atoms with Gasteiger partial charge in [0.05, 0.1) is 0 Å². The van der Waals surface area contributed by atoms with Crippen LogP contribution >= 0.6 is 0 Å². The van der Waals surface area contributed by atoms with E-state index >= 15 is 0 Å². The van der Waals surface area contributed by atoms with Crippen LogP contribution in [0.1, 0.15) is 54.0 Å². The SMILES string of the molecule is Cc1oc([C@@H](Cc2cn(C)c3ccccc23)NC(=O)[C@H](CC(C)C)NC(=O)n2ccc3cccnc32)nc1C(=O)O. The number of oxazole rings is 1. The number of nitrogens with zero attached hydrogens (tertiary/aromatic N) is 4. The molecule has 0 bridgehead atoms. The highest BCUT2D eigenvalue weighted by atomic mass is 16.4. The third kappa shape index (κ3) is 5.69. The Labute approximate surface area is 236 Å². The minimum Gasteiger partial charge on any atom is -0.476 e. The third-order valence-electron chi connectivity index (χ3n) is 7.02. The van der Waals surface area contributed by atoms with E-state index in [1.54, 1.807) is 24.5 Å². The van der Waals surface area contributed by atoms with Crippen molar-refractivity contribution in [1.82, 2.24) is 29.7 Å². The van der Waals surface area contributed by atoms with Crippen LogP contribution in [0.4, 0.5) is 4.79 Å². The van der Waals surface area contributed by atoms with Gasteiger partial charge in [-0.1, -0.05) is 32.0 Å². The molecule has 0 fully saturated rings. The fourth-order valence-corrected chi connectivity index (χ4v) is 5.10. The molecule has 0 saturated carbocycles. The molecule has 0 unspecified atom stereocenters. The molecule has 4 aromatic heterocycles. The Morgan fingerprint density at radius 3 is 2.59 bits per heavy atom. The number of hydrogen-bond donors (Lipinski definition) is 3. The maximum atomic E-state index is 13.8. The van der Waals surface area contributed by atoms with Crippen LogP contribution in [-0.4, -0.2) is 48.2 Å². The van der Waals surface area contributed by atoms with Crippen molar-refractivity contribution >= 4 is 39.8 Å². The van der Waals surface area contributed by atoms with E-state index in [-0.39, 0.29) is 23.3 Å². The van der Waals surface area contributed by atoms with Crippen LogP contribution in [0.15, 0.2) is 65.5 Å². The zero-order chi connectivity index (χ0) is 29.3. The summed E-state index contributed by atoms with van der Waals surface area (Å²) in [6.45, 7) is 5.44. The van der Waals surface area contributed by atoms with E-state index in [0.29, 0.717) is 18.5 Å². The quantitative estimate of drug-likeness (QED) is 0.241. The van der Waals surface area contributed by atoms with E-state index in [1.807, 2.05) is 62.0 Å². The number of benzene rings is 1. The number of rotatable bonds is 9. The molecule has 0 aliphatic rings. The number of aromatic carboxylic acids is 1. The number of fused-ring (bicyclic) bond motifs is 2. The van der Waals surface area contributed by atoms with Gasteiger partial charge in [0.1, 0.15) is 23.5 Å². The van der Waals surface area contributed by atoms with Gasteiger partial charge in [-0.2, -0.15) is 0 Å². The van der Waals surface area contributed by atoms with Gasteiger partial charge in [0, 0.05) is 48.3 Å². The van der Waals surface area contributed by atoms with Gasteiger partial charge in [0.15, 0.2) is 5.69 Å². The summed E-state index contributed by atoms with van der Waals surface area (Å²) in [6.07, 6.45) is 5.85. The maximum Gasteiger partial charge on any atom is 0.358 e. The second-order valence-electron chi connectivity index (χ2n) is 10.5. The van der Waals surface area contributed by atoms with Crippen molar-refractivity contribution in [2.24, 2.45) is 13.0 Å². The second-order valence-corrected chi connectivity index (χ2v) is 10.5. The zero-order valence-corrected chi connectivity index (χ0v) is 23.3.